The van der Waals surface area contributed by atoms with Gasteiger partial charge in [-0.3, -0.25) is 0 Å². The zero-order valence-electron chi connectivity index (χ0n) is 25.3. The van der Waals surface area contributed by atoms with E-state index in [0.717, 1.165) is 27.8 Å². The number of nitrogens with zero attached hydrogens (tertiary/aromatic N) is 3. The quantitative estimate of drug-likeness (QED) is 0.204. The molecule has 0 radical (unpaired) electrons. The zero-order valence-corrected chi connectivity index (χ0v) is 25.3. The molecule has 6 aromatic carbocycles. The second-order valence-corrected chi connectivity index (χ2v) is 12.1. The minimum atomic E-state index is -0.0439. The van der Waals surface area contributed by atoms with Gasteiger partial charge < -0.3 is 0 Å². The Morgan fingerprint density at radius 3 is 1.47 bits per heavy atom. The molecule has 0 unspecified atom stereocenters. The van der Waals surface area contributed by atoms with Gasteiger partial charge in [-0.25, -0.2) is 15.0 Å². The highest BCUT2D eigenvalue weighted by Gasteiger charge is 2.36. The lowest BCUT2D eigenvalue weighted by Crippen LogP contribution is -2.14. The molecule has 0 spiro atoms. The fourth-order valence-corrected chi connectivity index (χ4v) is 6.71. The number of hydrogen-bond donors (Lipinski definition) is 0. The van der Waals surface area contributed by atoms with Crippen molar-refractivity contribution in [3.05, 3.63) is 163 Å². The lowest BCUT2D eigenvalue weighted by Gasteiger charge is -2.21. The van der Waals surface area contributed by atoms with E-state index in [-0.39, 0.29) is 5.41 Å². The number of hydrogen-bond acceptors (Lipinski definition) is 3. The first-order valence-corrected chi connectivity index (χ1v) is 15.4. The molecule has 7 aromatic rings. The minimum absolute atomic E-state index is 0.0439. The van der Waals surface area contributed by atoms with Gasteiger partial charge in [0, 0.05) is 22.1 Å². The van der Waals surface area contributed by atoms with Crippen molar-refractivity contribution in [1.29, 1.82) is 0 Å². The third-order valence-corrected chi connectivity index (χ3v) is 8.96. The van der Waals surface area contributed by atoms with E-state index in [2.05, 4.69) is 105 Å². The summed E-state index contributed by atoms with van der Waals surface area (Å²) in [6.45, 7) is 4.66. The maximum absolute atomic E-state index is 5.03. The van der Waals surface area contributed by atoms with Crippen LogP contribution >= 0.6 is 0 Å². The normalized spacial score (nSPS) is 12.8. The smallest absolute Gasteiger partial charge is 0.164 e. The second-order valence-electron chi connectivity index (χ2n) is 12.1. The maximum Gasteiger partial charge on any atom is 0.164 e. The minimum Gasteiger partial charge on any atom is -0.208 e. The molecule has 0 N–H and O–H groups in total. The van der Waals surface area contributed by atoms with Gasteiger partial charge in [-0.05, 0) is 50.6 Å². The molecule has 1 aliphatic rings. The average molecular weight is 578 g/mol. The topological polar surface area (TPSA) is 38.7 Å². The number of aromatic nitrogens is 3. The van der Waals surface area contributed by atoms with Crippen LogP contribution in [0.2, 0.25) is 0 Å². The Morgan fingerprint density at radius 1 is 0.356 bits per heavy atom. The van der Waals surface area contributed by atoms with Crippen LogP contribution in [0, 0.1) is 0 Å². The van der Waals surface area contributed by atoms with Crippen molar-refractivity contribution in [3.8, 4) is 67.5 Å². The van der Waals surface area contributed by atoms with Gasteiger partial charge in [0.05, 0.1) is 0 Å². The van der Waals surface area contributed by atoms with Crippen LogP contribution in [0.1, 0.15) is 25.0 Å². The Balaban J connectivity index is 1.28. The van der Waals surface area contributed by atoms with E-state index in [9.17, 15) is 0 Å². The van der Waals surface area contributed by atoms with Gasteiger partial charge in [0.25, 0.3) is 0 Å². The molecule has 214 valence electrons. The van der Waals surface area contributed by atoms with Gasteiger partial charge in [0.1, 0.15) is 0 Å². The van der Waals surface area contributed by atoms with Crippen LogP contribution in [0.25, 0.3) is 67.5 Å². The van der Waals surface area contributed by atoms with Crippen LogP contribution in [0.3, 0.4) is 0 Å². The summed E-state index contributed by atoms with van der Waals surface area (Å²) in [6.07, 6.45) is 0. The summed E-state index contributed by atoms with van der Waals surface area (Å²) >= 11 is 0. The van der Waals surface area contributed by atoms with Crippen molar-refractivity contribution >= 4 is 0 Å². The highest BCUT2D eigenvalue weighted by atomic mass is 15.0. The standard InChI is InChI=1S/C42H31N3/c1-42(2)36-25-12-11-23-35(36)38-33(24-14-26-37(38)42)31-20-13-19-30(27-31)32-21-9-10-22-34(32)41-44-39(28-15-5-3-6-16-28)43-40(45-41)29-17-7-4-8-18-29/h3-27H,1-2H3. The Morgan fingerprint density at radius 2 is 0.800 bits per heavy atom. The third-order valence-electron chi connectivity index (χ3n) is 8.96. The van der Waals surface area contributed by atoms with Crippen molar-refractivity contribution in [1.82, 2.24) is 15.0 Å². The third kappa shape index (κ3) is 4.65. The summed E-state index contributed by atoms with van der Waals surface area (Å²) in [7, 11) is 0. The summed E-state index contributed by atoms with van der Waals surface area (Å²) in [4.78, 5) is 15.0. The summed E-state index contributed by atoms with van der Waals surface area (Å²) in [5.41, 5.74) is 12.9. The molecule has 0 saturated heterocycles. The molecule has 3 nitrogen and oxygen atoms in total. The predicted octanol–water partition coefficient (Wildman–Crippen LogP) is 10.5. The Kier molecular flexibility index (Phi) is 6.46. The highest BCUT2D eigenvalue weighted by Crippen LogP contribution is 2.52. The first-order valence-electron chi connectivity index (χ1n) is 15.4. The molecule has 45 heavy (non-hydrogen) atoms. The monoisotopic (exact) mass is 577 g/mol. The molecule has 1 aromatic heterocycles. The summed E-state index contributed by atoms with van der Waals surface area (Å²) < 4.78 is 0. The highest BCUT2D eigenvalue weighted by molar-refractivity contribution is 5.94. The molecule has 0 bridgehead atoms. The lowest BCUT2D eigenvalue weighted by atomic mass is 9.82. The molecule has 0 aliphatic heterocycles. The zero-order chi connectivity index (χ0) is 30.4. The SMILES string of the molecule is CC1(C)c2ccccc2-c2c(-c3cccc(-c4ccccc4-c4nc(-c5ccccc5)nc(-c5ccccc5)n4)c3)cccc21. The van der Waals surface area contributed by atoms with Gasteiger partial charge in [0.2, 0.25) is 0 Å². The van der Waals surface area contributed by atoms with Gasteiger partial charge in [0.15, 0.2) is 17.5 Å². The maximum atomic E-state index is 5.03. The summed E-state index contributed by atoms with van der Waals surface area (Å²) in [5.74, 6) is 1.97. The van der Waals surface area contributed by atoms with Gasteiger partial charge >= 0.3 is 0 Å². The molecule has 8 rings (SSSR count). The van der Waals surface area contributed by atoms with Crippen LogP contribution in [0.15, 0.2) is 152 Å². The van der Waals surface area contributed by atoms with Gasteiger partial charge in [-0.1, -0.05) is 159 Å². The van der Waals surface area contributed by atoms with E-state index in [4.69, 9.17) is 15.0 Å². The molecule has 0 saturated carbocycles. The van der Waals surface area contributed by atoms with Gasteiger partial charge in [-0.15, -0.1) is 0 Å². The van der Waals surface area contributed by atoms with E-state index < -0.39 is 0 Å². The summed E-state index contributed by atoms with van der Waals surface area (Å²) in [6, 6.07) is 53.1. The van der Waals surface area contributed by atoms with Crippen molar-refractivity contribution < 1.29 is 0 Å². The van der Waals surface area contributed by atoms with E-state index >= 15 is 0 Å². The number of rotatable bonds is 5. The molecule has 0 fully saturated rings. The summed E-state index contributed by atoms with van der Waals surface area (Å²) in [5, 5.41) is 0. The second kappa shape index (κ2) is 10.8. The van der Waals surface area contributed by atoms with Crippen LogP contribution in [-0.2, 0) is 5.41 Å². The van der Waals surface area contributed by atoms with E-state index in [1.165, 1.54) is 33.4 Å². The first-order chi connectivity index (χ1) is 22.1. The molecule has 1 heterocycles. The van der Waals surface area contributed by atoms with E-state index in [1.54, 1.807) is 0 Å². The first kappa shape index (κ1) is 26.9. The fraction of sp³-hybridized carbons (Fsp3) is 0.0714. The largest absolute Gasteiger partial charge is 0.208 e. The van der Waals surface area contributed by atoms with E-state index in [0.29, 0.717) is 17.5 Å². The Labute approximate surface area is 264 Å². The molecule has 3 heteroatoms. The van der Waals surface area contributed by atoms with Crippen LogP contribution in [0.4, 0.5) is 0 Å². The van der Waals surface area contributed by atoms with Crippen molar-refractivity contribution in [2.75, 3.05) is 0 Å². The van der Waals surface area contributed by atoms with Gasteiger partial charge in [-0.2, -0.15) is 0 Å². The van der Waals surface area contributed by atoms with Crippen LogP contribution < -0.4 is 0 Å². The molecule has 0 amide bonds. The Hall–Kier alpha value is -5.67. The molecule has 0 atom stereocenters. The predicted molar refractivity (Wildman–Crippen MR) is 185 cm³/mol. The van der Waals surface area contributed by atoms with Crippen LogP contribution in [-0.4, -0.2) is 15.0 Å². The molecule has 1 aliphatic carbocycles. The van der Waals surface area contributed by atoms with Crippen molar-refractivity contribution in [3.63, 3.8) is 0 Å². The molecular weight excluding hydrogens is 546 g/mol. The number of benzene rings is 6. The van der Waals surface area contributed by atoms with Crippen molar-refractivity contribution in [2.24, 2.45) is 0 Å². The molecular formula is C42H31N3. The number of fused-ring (bicyclic) bond motifs is 3. The fourth-order valence-electron chi connectivity index (χ4n) is 6.71. The average Bonchev–Trinajstić information content (AvgIpc) is 3.35. The van der Waals surface area contributed by atoms with Crippen LogP contribution in [0.5, 0.6) is 0 Å². The lowest BCUT2D eigenvalue weighted by molar-refractivity contribution is 0.660. The Bertz CT molecular complexity index is 2130. The van der Waals surface area contributed by atoms with Crippen molar-refractivity contribution in [2.45, 2.75) is 19.3 Å². The van der Waals surface area contributed by atoms with E-state index in [1.807, 2.05) is 60.7 Å².